The number of methoxy groups -OCH3 is 1. The lowest BCUT2D eigenvalue weighted by atomic mass is 9.77. The highest BCUT2D eigenvalue weighted by Crippen LogP contribution is 2.58. The predicted octanol–water partition coefficient (Wildman–Crippen LogP) is -0.107. The average Bonchev–Trinajstić information content (AvgIpc) is 3.07. The highest BCUT2D eigenvalue weighted by molar-refractivity contribution is 5.90. The van der Waals surface area contributed by atoms with Crippen LogP contribution in [0.4, 0.5) is 0 Å². The van der Waals surface area contributed by atoms with Crippen molar-refractivity contribution in [3.05, 3.63) is 24.0 Å². The zero-order chi connectivity index (χ0) is 15.6. The molecule has 1 spiro atoms. The summed E-state index contributed by atoms with van der Waals surface area (Å²) >= 11 is 0. The van der Waals surface area contributed by atoms with Gasteiger partial charge in [-0.15, -0.1) is 0 Å². The van der Waals surface area contributed by atoms with Gasteiger partial charge in [0.1, 0.15) is 12.0 Å². The van der Waals surface area contributed by atoms with E-state index >= 15 is 0 Å². The van der Waals surface area contributed by atoms with E-state index in [-0.39, 0.29) is 11.8 Å². The van der Waals surface area contributed by atoms with Crippen molar-refractivity contribution in [2.45, 2.75) is 31.0 Å². The number of aliphatic hydroxyl groups excluding tert-OH is 1. The molecule has 2 fully saturated rings. The summed E-state index contributed by atoms with van der Waals surface area (Å²) in [5.41, 5.74) is -0.612. The number of allylic oxidation sites excluding steroid dienone is 1. The maximum absolute atomic E-state index is 12.1. The molecule has 7 atom stereocenters. The van der Waals surface area contributed by atoms with E-state index in [4.69, 9.17) is 18.9 Å². The van der Waals surface area contributed by atoms with Gasteiger partial charge in [-0.3, -0.25) is 4.79 Å². The Morgan fingerprint density at radius 1 is 1.50 bits per heavy atom. The van der Waals surface area contributed by atoms with Crippen molar-refractivity contribution in [1.29, 1.82) is 0 Å². The number of hydrogen-bond acceptors (Lipinski definition) is 7. The molecular weight excluding hydrogens is 292 g/mol. The Labute approximate surface area is 126 Å². The Balaban J connectivity index is 1.74. The quantitative estimate of drug-likeness (QED) is 0.562. The van der Waals surface area contributed by atoms with Crippen LogP contribution in [-0.4, -0.2) is 48.3 Å². The molecule has 0 aromatic rings. The highest BCUT2D eigenvalue weighted by Gasteiger charge is 2.72. The Hall–Kier alpha value is -1.86. The molecule has 3 heterocycles. The van der Waals surface area contributed by atoms with Crippen molar-refractivity contribution in [2.75, 3.05) is 7.11 Å². The SMILES string of the molecule is COC(=O)C1=CO[C@@H]2O[C@@H]3[C@H]([C@H](C)O)C(=O)O[C@]34C=C[C@H]1[C@H]24. The number of aliphatic hydroxyl groups is 1. The minimum absolute atomic E-state index is 0.295. The largest absolute Gasteiger partial charge is 0.471 e. The van der Waals surface area contributed by atoms with Crippen LogP contribution < -0.4 is 0 Å². The van der Waals surface area contributed by atoms with E-state index in [1.807, 2.05) is 6.08 Å². The first-order valence-corrected chi connectivity index (χ1v) is 7.19. The number of rotatable bonds is 2. The monoisotopic (exact) mass is 308 g/mol. The van der Waals surface area contributed by atoms with Gasteiger partial charge in [-0.05, 0) is 13.0 Å². The molecule has 4 aliphatic rings. The second-order valence-corrected chi connectivity index (χ2v) is 6.08. The van der Waals surface area contributed by atoms with Crippen molar-refractivity contribution in [1.82, 2.24) is 0 Å². The minimum Gasteiger partial charge on any atom is -0.471 e. The highest BCUT2D eigenvalue weighted by atomic mass is 16.7. The molecule has 22 heavy (non-hydrogen) atoms. The fraction of sp³-hybridized carbons (Fsp3) is 0.600. The third-order valence-electron chi connectivity index (χ3n) is 5.00. The van der Waals surface area contributed by atoms with Crippen LogP contribution in [0.15, 0.2) is 24.0 Å². The first-order chi connectivity index (χ1) is 10.5. The summed E-state index contributed by atoms with van der Waals surface area (Å²) in [6.07, 6.45) is 2.81. The molecule has 4 rings (SSSR count). The summed E-state index contributed by atoms with van der Waals surface area (Å²) in [6, 6.07) is 0. The molecule has 0 aromatic heterocycles. The van der Waals surface area contributed by atoms with E-state index in [0.717, 1.165) is 0 Å². The molecule has 3 aliphatic heterocycles. The fourth-order valence-electron chi connectivity index (χ4n) is 4.04. The first-order valence-electron chi connectivity index (χ1n) is 7.19. The average molecular weight is 308 g/mol. The molecule has 118 valence electrons. The molecule has 0 amide bonds. The summed E-state index contributed by atoms with van der Waals surface area (Å²) in [5.74, 6) is -2.37. The van der Waals surface area contributed by atoms with Crippen LogP contribution in [0, 0.1) is 17.8 Å². The number of hydrogen-bond donors (Lipinski definition) is 1. The third-order valence-corrected chi connectivity index (χ3v) is 5.00. The van der Waals surface area contributed by atoms with Crippen molar-refractivity contribution < 1.29 is 33.6 Å². The van der Waals surface area contributed by atoms with E-state index in [2.05, 4.69) is 0 Å². The molecule has 0 unspecified atom stereocenters. The maximum atomic E-state index is 12.1. The number of carbonyl (C=O) groups excluding carboxylic acids is 2. The van der Waals surface area contributed by atoms with Crippen molar-refractivity contribution >= 4 is 11.9 Å². The van der Waals surface area contributed by atoms with Gasteiger partial charge in [-0.2, -0.15) is 0 Å². The fourth-order valence-corrected chi connectivity index (χ4v) is 4.04. The van der Waals surface area contributed by atoms with Crippen molar-refractivity contribution in [2.24, 2.45) is 17.8 Å². The van der Waals surface area contributed by atoms with Gasteiger partial charge in [0.05, 0.1) is 31.0 Å². The van der Waals surface area contributed by atoms with Crippen LogP contribution in [-0.2, 0) is 28.5 Å². The van der Waals surface area contributed by atoms with E-state index < -0.39 is 42.0 Å². The normalized spacial score (nSPS) is 45.5. The van der Waals surface area contributed by atoms with Crippen LogP contribution in [0.3, 0.4) is 0 Å². The predicted molar refractivity (Wildman–Crippen MR) is 70.0 cm³/mol. The number of ether oxygens (including phenoxy) is 4. The van der Waals surface area contributed by atoms with Gasteiger partial charge in [-0.25, -0.2) is 4.79 Å². The standard InChI is InChI=1S/C15H16O7/c1-6(16)9-11-15(22-13(9)18)4-3-7-8(12(17)19-2)5-20-14(21-11)10(7)15/h3-7,9-11,14,16H,1-2H3/t6-,7+,9-,10+,11+,14+,15-/m0/s1. The van der Waals surface area contributed by atoms with Gasteiger partial charge in [0, 0.05) is 5.92 Å². The minimum atomic E-state index is -0.985. The van der Waals surface area contributed by atoms with E-state index in [9.17, 15) is 14.7 Å². The van der Waals surface area contributed by atoms with E-state index in [1.54, 1.807) is 6.08 Å². The molecule has 1 aliphatic carbocycles. The lowest BCUT2D eigenvalue weighted by molar-refractivity contribution is -0.166. The van der Waals surface area contributed by atoms with E-state index in [0.29, 0.717) is 5.57 Å². The topological polar surface area (TPSA) is 91.3 Å². The lowest BCUT2D eigenvalue weighted by Gasteiger charge is -2.32. The second kappa shape index (κ2) is 4.33. The molecule has 7 heteroatoms. The van der Waals surface area contributed by atoms with Crippen LogP contribution >= 0.6 is 0 Å². The molecule has 0 aromatic carbocycles. The Bertz CT molecular complexity index is 607. The lowest BCUT2D eigenvalue weighted by Crippen LogP contribution is -2.44. The smallest absolute Gasteiger partial charge is 0.337 e. The maximum Gasteiger partial charge on any atom is 0.337 e. The zero-order valence-corrected chi connectivity index (χ0v) is 12.1. The van der Waals surface area contributed by atoms with Crippen LogP contribution in [0.25, 0.3) is 0 Å². The van der Waals surface area contributed by atoms with Crippen molar-refractivity contribution in [3.63, 3.8) is 0 Å². The third kappa shape index (κ3) is 1.47. The summed E-state index contributed by atoms with van der Waals surface area (Å²) in [6.45, 7) is 1.53. The summed E-state index contributed by atoms with van der Waals surface area (Å²) < 4.78 is 21.7. The van der Waals surface area contributed by atoms with Gasteiger partial charge >= 0.3 is 11.9 Å². The molecule has 2 saturated heterocycles. The van der Waals surface area contributed by atoms with Gasteiger partial charge in [0.15, 0.2) is 5.60 Å². The van der Waals surface area contributed by atoms with Gasteiger partial charge in [0.25, 0.3) is 0 Å². The molecule has 0 saturated carbocycles. The Morgan fingerprint density at radius 3 is 2.95 bits per heavy atom. The zero-order valence-electron chi connectivity index (χ0n) is 12.1. The number of esters is 2. The van der Waals surface area contributed by atoms with Crippen LogP contribution in [0.5, 0.6) is 0 Å². The molecular formula is C15H16O7. The summed E-state index contributed by atoms with van der Waals surface area (Å²) in [7, 11) is 1.30. The van der Waals surface area contributed by atoms with Crippen LogP contribution in [0.1, 0.15) is 6.92 Å². The van der Waals surface area contributed by atoms with Gasteiger partial charge in [0.2, 0.25) is 6.29 Å². The molecule has 0 radical (unpaired) electrons. The van der Waals surface area contributed by atoms with E-state index in [1.165, 1.54) is 20.3 Å². The number of carbonyl (C=O) groups is 2. The second-order valence-electron chi connectivity index (χ2n) is 6.08. The molecule has 7 nitrogen and oxygen atoms in total. The van der Waals surface area contributed by atoms with Gasteiger partial charge in [-0.1, -0.05) is 6.08 Å². The van der Waals surface area contributed by atoms with Crippen molar-refractivity contribution in [3.8, 4) is 0 Å². The van der Waals surface area contributed by atoms with Crippen LogP contribution in [0.2, 0.25) is 0 Å². The Morgan fingerprint density at radius 2 is 2.27 bits per heavy atom. The Kier molecular flexibility index (Phi) is 2.71. The molecule has 1 N–H and O–H groups in total. The summed E-state index contributed by atoms with van der Waals surface area (Å²) in [5, 5.41) is 9.87. The first kappa shape index (κ1) is 13.8. The summed E-state index contributed by atoms with van der Waals surface area (Å²) in [4.78, 5) is 24.0. The van der Waals surface area contributed by atoms with Gasteiger partial charge < -0.3 is 24.1 Å². The molecule has 0 bridgehead atoms.